The quantitative estimate of drug-likeness (QED) is 0.182. The molecular formula is C51H70N10O6S. The first-order valence-corrected chi connectivity index (χ1v) is 25.7. The number of carbonyl (C=O) groups excluding carboxylic acids is 4. The lowest BCUT2D eigenvalue weighted by Crippen LogP contribution is -2.63. The molecule has 16 nitrogen and oxygen atoms in total. The average molecular weight is 951 g/mol. The molecule has 4 amide bonds. The number of fused-ring (bicyclic) bond motifs is 6. The summed E-state index contributed by atoms with van der Waals surface area (Å²) in [5.41, 5.74) is 10.6. The first-order chi connectivity index (χ1) is 32.7. The molecule has 3 saturated heterocycles. The van der Waals surface area contributed by atoms with Gasteiger partial charge >= 0.3 is 12.0 Å². The van der Waals surface area contributed by atoms with Gasteiger partial charge < -0.3 is 39.0 Å². The van der Waals surface area contributed by atoms with Crippen molar-refractivity contribution < 1.29 is 28.7 Å². The minimum absolute atomic E-state index is 0.0162. The second-order valence-corrected chi connectivity index (χ2v) is 21.4. The largest absolute Gasteiger partial charge is 0.464 e. The van der Waals surface area contributed by atoms with E-state index in [9.17, 15) is 19.2 Å². The Kier molecular flexibility index (Phi) is 14.2. The minimum Gasteiger partial charge on any atom is -0.464 e. The van der Waals surface area contributed by atoms with Crippen molar-refractivity contribution >= 4 is 51.7 Å². The van der Waals surface area contributed by atoms with E-state index in [-0.39, 0.29) is 42.9 Å². The highest BCUT2D eigenvalue weighted by Gasteiger charge is 2.42. The number of rotatable bonds is 9. The third kappa shape index (κ3) is 9.72. The predicted molar refractivity (Wildman–Crippen MR) is 264 cm³/mol. The van der Waals surface area contributed by atoms with Crippen molar-refractivity contribution in [2.24, 2.45) is 11.3 Å². The van der Waals surface area contributed by atoms with Crippen LogP contribution in [0.5, 0.6) is 0 Å². The second kappa shape index (κ2) is 20.1. The van der Waals surface area contributed by atoms with Crippen LogP contribution in [0.3, 0.4) is 0 Å². The zero-order valence-corrected chi connectivity index (χ0v) is 41.8. The number of nitrogens with one attached hydrogen (secondary N) is 2. The van der Waals surface area contributed by atoms with Crippen LogP contribution in [0, 0.1) is 11.3 Å². The normalized spacial score (nSPS) is 22.7. The number of hydrazine groups is 1. The molecule has 9 rings (SSSR count). The Balaban J connectivity index is 1.13. The van der Waals surface area contributed by atoms with Gasteiger partial charge in [-0.3, -0.25) is 24.4 Å². The van der Waals surface area contributed by atoms with Crippen molar-refractivity contribution in [1.82, 2.24) is 45.0 Å². The molecule has 68 heavy (non-hydrogen) atoms. The molecule has 4 aliphatic heterocycles. The van der Waals surface area contributed by atoms with E-state index in [0.717, 1.165) is 109 Å². The molecule has 0 unspecified atom stereocenters. The molecule has 0 spiro atoms. The summed E-state index contributed by atoms with van der Waals surface area (Å²) in [5.74, 6) is -1.14. The average Bonchev–Trinajstić information content (AvgIpc) is 4.09. The number of likely N-dealkylation sites (tertiary alicyclic amines) is 1. The van der Waals surface area contributed by atoms with E-state index in [2.05, 4.69) is 77.2 Å². The van der Waals surface area contributed by atoms with Crippen LogP contribution in [-0.4, -0.2) is 150 Å². The number of benzene rings is 1. The molecule has 6 bridgehead atoms. The summed E-state index contributed by atoms with van der Waals surface area (Å²) in [5, 5.41) is 8.41. The third-order valence-electron chi connectivity index (χ3n) is 15.0. The molecule has 4 atom stereocenters. The van der Waals surface area contributed by atoms with Crippen molar-refractivity contribution in [2.45, 2.75) is 116 Å². The van der Waals surface area contributed by atoms with Crippen LogP contribution in [0.15, 0.2) is 35.8 Å². The van der Waals surface area contributed by atoms with E-state index in [4.69, 9.17) is 19.4 Å². The van der Waals surface area contributed by atoms with Gasteiger partial charge in [-0.05, 0) is 89.1 Å². The number of aromatic nitrogens is 3. The van der Waals surface area contributed by atoms with Gasteiger partial charge in [0.25, 0.3) is 5.91 Å². The lowest BCUT2D eigenvalue weighted by Gasteiger charge is -2.40. The Hall–Kier alpha value is -5.10. The Morgan fingerprint density at radius 1 is 1.03 bits per heavy atom. The number of ether oxygens (including phenoxy) is 2. The van der Waals surface area contributed by atoms with Crippen molar-refractivity contribution in [1.29, 1.82) is 0 Å². The third-order valence-corrected chi connectivity index (χ3v) is 15.9. The number of methoxy groups -OCH3 is 1. The smallest absolute Gasteiger partial charge is 0.324 e. The van der Waals surface area contributed by atoms with E-state index in [1.807, 2.05) is 18.5 Å². The summed E-state index contributed by atoms with van der Waals surface area (Å²) in [4.78, 5) is 75.4. The fourth-order valence-electron chi connectivity index (χ4n) is 10.9. The van der Waals surface area contributed by atoms with E-state index < -0.39 is 29.5 Å². The van der Waals surface area contributed by atoms with Gasteiger partial charge in [-0.1, -0.05) is 32.8 Å². The number of anilines is 1. The summed E-state index contributed by atoms with van der Waals surface area (Å²) in [6, 6.07) is 6.17. The molecule has 17 heteroatoms. The first-order valence-electron chi connectivity index (χ1n) is 24.9. The number of urea groups is 1. The molecule has 4 aromatic rings. The Bertz CT molecular complexity index is 2500. The van der Waals surface area contributed by atoms with E-state index >= 15 is 0 Å². The fourth-order valence-corrected chi connectivity index (χ4v) is 11.8. The van der Waals surface area contributed by atoms with Gasteiger partial charge in [0.1, 0.15) is 18.1 Å². The number of nitrogens with zero attached hydrogens (tertiary/aromatic N) is 8. The predicted octanol–water partition coefficient (Wildman–Crippen LogP) is 6.27. The van der Waals surface area contributed by atoms with Gasteiger partial charge in [-0.2, -0.15) is 0 Å². The Labute approximate surface area is 404 Å². The van der Waals surface area contributed by atoms with Crippen LogP contribution in [0.2, 0.25) is 0 Å². The molecule has 0 radical (unpaired) electrons. The second-order valence-electron chi connectivity index (χ2n) is 20.5. The summed E-state index contributed by atoms with van der Waals surface area (Å²) in [6.45, 7) is 14.8. The van der Waals surface area contributed by atoms with Crippen molar-refractivity contribution in [3.8, 4) is 22.5 Å². The minimum atomic E-state index is -1.01. The molecule has 1 aromatic carbocycles. The standard InChI is InChI=1S/C51H70N10O6S/c1-8-60-42-17-16-34-25-36(42)38(46(60)37-26-35(29-52-44(37)32(2)66-7)58-23-21-56(5)22-24-58)28-51(3,4)31-67-49(64)39-15-11-20-61(55-39)48(63)40(27-43-53-41(34)30-68-43)54-47(62)45(33-13-9-10-14-33)57(6)50(65)59-18-12-19-59/h16-17,25-26,29-30,32-33,39-40,45,55H,8-15,18-24,27-28,31H2,1-7H3,(H,54,62)/t32-,39-,40-,45-/m0/s1. The van der Waals surface area contributed by atoms with Crippen LogP contribution in [-0.2, 0) is 43.2 Å². The molecule has 5 aliphatic rings. The van der Waals surface area contributed by atoms with Gasteiger partial charge in [-0.25, -0.2) is 15.2 Å². The molecular weight excluding hydrogens is 881 g/mol. The topological polar surface area (TPSA) is 158 Å². The highest BCUT2D eigenvalue weighted by molar-refractivity contribution is 7.10. The molecule has 4 fully saturated rings. The number of thiazole rings is 1. The Morgan fingerprint density at radius 3 is 2.50 bits per heavy atom. The van der Waals surface area contributed by atoms with E-state index in [1.54, 1.807) is 24.0 Å². The van der Waals surface area contributed by atoms with Crippen LogP contribution in [0.1, 0.15) is 95.0 Å². The van der Waals surface area contributed by atoms with Crippen molar-refractivity contribution in [2.75, 3.05) is 78.5 Å². The number of cyclic esters (lactones) is 1. The van der Waals surface area contributed by atoms with Gasteiger partial charge in [0.2, 0.25) is 5.91 Å². The van der Waals surface area contributed by atoms with Crippen LogP contribution in [0.25, 0.3) is 33.4 Å². The maximum Gasteiger partial charge on any atom is 0.324 e. The SMILES string of the molecule is CCn1c(-c2cc(N3CCN(C)CC3)cnc2[C@H](C)OC)c2c3cc(ccc31)-c1csc(n1)C[C@H](NC(=O)[C@H](C1CCCC1)N(C)C(=O)N1CCC1)C(=O)N1CCC[C@H](N1)C(=O)OCC(C)(C)C2. The van der Waals surface area contributed by atoms with Crippen LogP contribution < -0.4 is 15.6 Å². The highest BCUT2D eigenvalue weighted by atomic mass is 32.1. The maximum atomic E-state index is 14.7. The number of hydrogen-bond acceptors (Lipinski definition) is 12. The van der Waals surface area contributed by atoms with Crippen LogP contribution in [0.4, 0.5) is 10.5 Å². The number of carbonyl (C=O) groups is 4. The zero-order chi connectivity index (χ0) is 47.9. The lowest BCUT2D eigenvalue weighted by molar-refractivity contribution is -0.155. The van der Waals surface area contributed by atoms with Gasteiger partial charge in [-0.15, -0.1) is 11.3 Å². The number of esters is 1. The molecule has 3 aromatic heterocycles. The monoisotopic (exact) mass is 951 g/mol. The maximum absolute atomic E-state index is 14.7. The number of hydrogen-bond donors (Lipinski definition) is 2. The number of piperazine rings is 1. The van der Waals surface area contributed by atoms with Crippen LogP contribution >= 0.6 is 11.3 Å². The molecule has 7 heterocycles. The number of aryl methyl sites for hydroxylation is 1. The molecule has 2 N–H and O–H groups in total. The summed E-state index contributed by atoms with van der Waals surface area (Å²) < 4.78 is 14.6. The lowest BCUT2D eigenvalue weighted by atomic mass is 9.84. The van der Waals surface area contributed by atoms with E-state index in [1.165, 1.54) is 16.3 Å². The summed E-state index contributed by atoms with van der Waals surface area (Å²) >= 11 is 1.46. The van der Waals surface area contributed by atoms with Crippen molar-refractivity contribution in [3.05, 3.63) is 52.1 Å². The van der Waals surface area contributed by atoms with Gasteiger partial charge in [0, 0.05) is 106 Å². The zero-order valence-electron chi connectivity index (χ0n) is 41.0. The van der Waals surface area contributed by atoms with Gasteiger partial charge in [0.15, 0.2) is 0 Å². The number of amides is 4. The summed E-state index contributed by atoms with van der Waals surface area (Å²) in [6.07, 6.45) is 8.11. The fraction of sp³-hybridized carbons (Fsp3) is 0.608. The molecule has 366 valence electrons. The summed E-state index contributed by atoms with van der Waals surface area (Å²) in [7, 11) is 5.60. The first kappa shape index (κ1) is 47.9. The van der Waals surface area contributed by atoms with Crippen molar-refractivity contribution in [3.63, 3.8) is 0 Å². The number of likely N-dealkylation sites (N-methyl/N-ethyl adjacent to an activating group) is 2. The highest BCUT2D eigenvalue weighted by Crippen LogP contribution is 2.43. The molecule has 1 aliphatic carbocycles. The van der Waals surface area contributed by atoms with E-state index in [0.29, 0.717) is 50.4 Å². The number of pyridine rings is 1. The van der Waals surface area contributed by atoms with Gasteiger partial charge in [0.05, 0.1) is 46.7 Å². The Morgan fingerprint density at radius 2 is 1.79 bits per heavy atom. The molecule has 1 saturated carbocycles.